The van der Waals surface area contributed by atoms with Gasteiger partial charge in [-0.25, -0.2) is 0 Å². The number of fused-ring (bicyclic) bond motifs is 1. The SMILES string of the molecule is C=CC[C@H]1CC[C@H](c2ccc3c(c2)CCC(=O)C3)CC1. The molecular weight excluding hydrogens is 244 g/mol. The zero-order chi connectivity index (χ0) is 13.9. The Morgan fingerprint density at radius 2 is 1.90 bits per heavy atom. The minimum Gasteiger partial charge on any atom is -0.299 e. The van der Waals surface area contributed by atoms with Crippen LogP contribution in [-0.4, -0.2) is 5.78 Å². The quantitative estimate of drug-likeness (QED) is 0.732. The van der Waals surface area contributed by atoms with E-state index in [1.807, 2.05) is 0 Å². The number of carbonyl (C=O) groups excluding carboxylic acids is 1. The number of hydrogen-bond acceptors (Lipinski definition) is 1. The molecule has 20 heavy (non-hydrogen) atoms. The fourth-order valence-electron chi connectivity index (χ4n) is 3.85. The highest BCUT2D eigenvalue weighted by Crippen LogP contribution is 2.38. The third kappa shape index (κ3) is 2.87. The fraction of sp³-hybridized carbons (Fsp3) is 0.526. The van der Waals surface area contributed by atoms with Crippen LogP contribution in [0.25, 0.3) is 0 Å². The molecule has 0 aliphatic heterocycles. The van der Waals surface area contributed by atoms with Crippen LogP contribution in [0.3, 0.4) is 0 Å². The number of rotatable bonds is 3. The molecule has 1 aromatic rings. The lowest BCUT2D eigenvalue weighted by molar-refractivity contribution is -0.118. The Morgan fingerprint density at radius 1 is 1.10 bits per heavy atom. The van der Waals surface area contributed by atoms with Crippen molar-refractivity contribution in [3.05, 3.63) is 47.5 Å². The highest BCUT2D eigenvalue weighted by molar-refractivity contribution is 5.83. The van der Waals surface area contributed by atoms with E-state index in [2.05, 4.69) is 30.9 Å². The molecule has 1 aromatic carbocycles. The number of Topliss-reactive ketones (excluding diaryl/α,β-unsaturated/α-hetero) is 1. The second-order valence-electron chi connectivity index (χ2n) is 6.49. The predicted octanol–water partition coefficient (Wildman–Crippen LogP) is 4.59. The molecular formula is C19H24O. The summed E-state index contributed by atoms with van der Waals surface area (Å²) in [6, 6.07) is 6.87. The summed E-state index contributed by atoms with van der Waals surface area (Å²) >= 11 is 0. The number of ketones is 1. The number of carbonyl (C=O) groups is 1. The number of aryl methyl sites for hydroxylation is 1. The Morgan fingerprint density at radius 3 is 2.65 bits per heavy atom. The molecule has 1 saturated carbocycles. The predicted molar refractivity (Wildman–Crippen MR) is 83.0 cm³/mol. The van der Waals surface area contributed by atoms with Crippen LogP contribution in [0, 0.1) is 5.92 Å². The van der Waals surface area contributed by atoms with Crippen LogP contribution in [0.15, 0.2) is 30.9 Å². The first kappa shape index (κ1) is 13.6. The van der Waals surface area contributed by atoms with Gasteiger partial charge in [0.05, 0.1) is 0 Å². The third-order valence-electron chi connectivity index (χ3n) is 5.11. The molecule has 0 spiro atoms. The average molecular weight is 268 g/mol. The van der Waals surface area contributed by atoms with E-state index >= 15 is 0 Å². The zero-order valence-corrected chi connectivity index (χ0v) is 12.2. The summed E-state index contributed by atoms with van der Waals surface area (Å²) in [5, 5.41) is 0. The molecule has 3 rings (SSSR count). The summed E-state index contributed by atoms with van der Waals surface area (Å²) in [6.07, 6.45) is 10.9. The van der Waals surface area contributed by atoms with Crippen molar-refractivity contribution in [1.29, 1.82) is 0 Å². The van der Waals surface area contributed by atoms with E-state index in [0.29, 0.717) is 12.2 Å². The van der Waals surface area contributed by atoms with Crippen LogP contribution in [0.2, 0.25) is 0 Å². The van der Waals surface area contributed by atoms with Crippen molar-refractivity contribution in [3.8, 4) is 0 Å². The van der Waals surface area contributed by atoms with E-state index in [9.17, 15) is 4.79 Å². The fourth-order valence-corrected chi connectivity index (χ4v) is 3.85. The van der Waals surface area contributed by atoms with Gasteiger partial charge in [0, 0.05) is 12.8 Å². The van der Waals surface area contributed by atoms with Gasteiger partial charge >= 0.3 is 0 Å². The van der Waals surface area contributed by atoms with Gasteiger partial charge in [0.25, 0.3) is 0 Å². The van der Waals surface area contributed by atoms with Crippen LogP contribution in [0.1, 0.15) is 61.1 Å². The van der Waals surface area contributed by atoms with Gasteiger partial charge in [-0.1, -0.05) is 24.3 Å². The topological polar surface area (TPSA) is 17.1 Å². The molecule has 0 unspecified atom stereocenters. The van der Waals surface area contributed by atoms with Crippen LogP contribution in [0.5, 0.6) is 0 Å². The third-order valence-corrected chi connectivity index (χ3v) is 5.11. The second-order valence-corrected chi connectivity index (χ2v) is 6.49. The van der Waals surface area contributed by atoms with Crippen LogP contribution in [0.4, 0.5) is 0 Å². The van der Waals surface area contributed by atoms with Gasteiger partial charge in [0.1, 0.15) is 5.78 Å². The normalized spacial score (nSPS) is 26.1. The van der Waals surface area contributed by atoms with Crippen molar-refractivity contribution in [2.75, 3.05) is 0 Å². The first-order chi connectivity index (χ1) is 9.76. The zero-order valence-electron chi connectivity index (χ0n) is 12.2. The maximum absolute atomic E-state index is 11.5. The molecule has 0 aromatic heterocycles. The van der Waals surface area contributed by atoms with E-state index in [1.54, 1.807) is 0 Å². The number of benzene rings is 1. The average Bonchev–Trinajstić information content (AvgIpc) is 2.48. The number of allylic oxidation sites excluding steroid dienone is 1. The Bertz CT molecular complexity index is 506. The van der Waals surface area contributed by atoms with Gasteiger partial charge in [-0.3, -0.25) is 4.79 Å². The molecule has 0 radical (unpaired) electrons. The van der Waals surface area contributed by atoms with Crippen LogP contribution >= 0.6 is 0 Å². The van der Waals surface area contributed by atoms with E-state index < -0.39 is 0 Å². The first-order valence-corrected chi connectivity index (χ1v) is 8.00. The van der Waals surface area contributed by atoms with Crippen molar-refractivity contribution in [2.45, 2.75) is 57.3 Å². The first-order valence-electron chi connectivity index (χ1n) is 8.00. The molecule has 0 saturated heterocycles. The van der Waals surface area contributed by atoms with Crippen LogP contribution in [-0.2, 0) is 17.6 Å². The van der Waals surface area contributed by atoms with E-state index in [1.165, 1.54) is 48.8 Å². The van der Waals surface area contributed by atoms with Gasteiger partial charge in [-0.05, 0) is 67.1 Å². The standard InChI is InChI=1S/C19H24O/c1-2-3-14-4-6-15(7-5-14)16-8-9-18-13-19(20)11-10-17(18)12-16/h2,8-9,12,14-15H,1,3-7,10-11,13H2/t14-,15-. The molecule has 1 nitrogen and oxygen atoms in total. The van der Waals surface area contributed by atoms with Gasteiger partial charge in [-0.15, -0.1) is 6.58 Å². The molecule has 0 atom stereocenters. The lowest BCUT2D eigenvalue weighted by atomic mass is 9.76. The molecule has 2 aliphatic rings. The molecule has 2 aliphatic carbocycles. The Kier molecular flexibility index (Phi) is 4.05. The summed E-state index contributed by atoms with van der Waals surface area (Å²) in [5.41, 5.74) is 4.20. The van der Waals surface area contributed by atoms with Gasteiger partial charge in [-0.2, -0.15) is 0 Å². The molecule has 1 heteroatoms. The van der Waals surface area contributed by atoms with Crippen molar-refractivity contribution >= 4 is 5.78 Å². The van der Waals surface area contributed by atoms with E-state index in [0.717, 1.165) is 24.7 Å². The summed E-state index contributed by atoms with van der Waals surface area (Å²) in [4.78, 5) is 11.5. The molecule has 0 amide bonds. The highest BCUT2D eigenvalue weighted by Gasteiger charge is 2.23. The highest BCUT2D eigenvalue weighted by atomic mass is 16.1. The molecule has 106 valence electrons. The maximum Gasteiger partial charge on any atom is 0.137 e. The Hall–Kier alpha value is -1.37. The van der Waals surface area contributed by atoms with Gasteiger partial charge in [0.15, 0.2) is 0 Å². The minimum atomic E-state index is 0.398. The summed E-state index contributed by atoms with van der Waals surface area (Å²) in [7, 11) is 0. The van der Waals surface area contributed by atoms with E-state index in [4.69, 9.17) is 0 Å². The summed E-state index contributed by atoms with van der Waals surface area (Å²) in [6.45, 7) is 3.86. The monoisotopic (exact) mass is 268 g/mol. The summed E-state index contributed by atoms with van der Waals surface area (Å²) < 4.78 is 0. The minimum absolute atomic E-state index is 0.398. The lowest BCUT2D eigenvalue weighted by Crippen LogP contribution is -2.16. The maximum atomic E-state index is 11.5. The second kappa shape index (κ2) is 5.95. The molecule has 0 heterocycles. The van der Waals surface area contributed by atoms with Gasteiger partial charge in [0.2, 0.25) is 0 Å². The van der Waals surface area contributed by atoms with Crippen molar-refractivity contribution in [1.82, 2.24) is 0 Å². The van der Waals surface area contributed by atoms with Crippen molar-refractivity contribution in [3.63, 3.8) is 0 Å². The smallest absolute Gasteiger partial charge is 0.137 e. The molecule has 0 N–H and O–H groups in total. The van der Waals surface area contributed by atoms with Crippen LogP contribution < -0.4 is 0 Å². The summed E-state index contributed by atoms with van der Waals surface area (Å²) in [5.74, 6) is 1.99. The number of hydrogen-bond donors (Lipinski definition) is 0. The largest absolute Gasteiger partial charge is 0.299 e. The van der Waals surface area contributed by atoms with E-state index in [-0.39, 0.29) is 0 Å². The Labute approximate surface area is 122 Å². The molecule has 0 bridgehead atoms. The Balaban J connectivity index is 1.69. The molecule has 1 fully saturated rings. The lowest BCUT2D eigenvalue weighted by Gasteiger charge is -2.29. The van der Waals surface area contributed by atoms with Gasteiger partial charge < -0.3 is 0 Å². The van der Waals surface area contributed by atoms with Crippen molar-refractivity contribution < 1.29 is 4.79 Å². The van der Waals surface area contributed by atoms with Crippen molar-refractivity contribution in [2.24, 2.45) is 5.92 Å².